The lowest BCUT2D eigenvalue weighted by atomic mass is 10.2. The van der Waals surface area contributed by atoms with Gasteiger partial charge in [0, 0.05) is 17.8 Å². The van der Waals surface area contributed by atoms with Crippen LogP contribution < -0.4 is 0 Å². The average molecular weight is 330 g/mol. The molecule has 0 saturated carbocycles. The van der Waals surface area contributed by atoms with Crippen molar-refractivity contribution < 1.29 is 17.9 Å². The van der Waals surface area contributed by atoms with Crippen molar-refractivity contribution in [2.24, 2.45) is 0 Å². The minimum atomic E-state index is -3.85. The van der Waals surface area contributed by atoms with Crippen LogP contribution in [0.3, 0.4) is 0 Å². The molecule has 0 radical (unpaired) electrons. The van der Waals surface area contributed by atoms with E-state index in [4.69, 9.17) is 4.74 Å². The van der Waals surface area contributed by atoms with Crippen LogP contribution in [-0.2, 0) is 14.8 Å². The largest absolute Gasteiger partial charge is 0.462 e. The fourth-order valence-electron chi connectivity index (χ4n) is 2.29. The first-order valence-corrected chi connectivity index (χ1v) is 8.43. The number of hydrogen-bond donors (Lipinski definition) is 0. The minimum Gasteiger partial charge on any atom is -0.462 e. The quantitative estimate of drug-likeness (QED) is 0.687. The van der Waals surface area contributed by atoms with Gasteiger partial charge in [-0.3, -0.25) is 0 Å². The molecule has 7 heteroatoms. The van der Waals surface area contributed by atoms with E-state index in [2.05, 4.69) is 4.98 Å². The number of pyridine rings is 1. The highest BCUT2D eigenvalue weighted by atomic mass is 32.2. The van der Waals surface area contributed by atoms with E-state index in [1.807, 2.05) is 0 Å². The summed E-state index contributed by atoms with van der Waals surface area (Å²) >= 11 is 0. The van der Waals surface area contributed by atoms with Gasteiger partial charge >= 0.3 is 5.97 Å². The SMILES string of the molecule is CCOC(=O)c1cn(S(=O)(=O)c2ccccc2)c2ncccc12. The second kappa shape index (κ2) is 5.85. The molecular formula is C16H14N2O4S. The smallest absolute Gasteiger partial charge is 0.340 e. The first-order chi connectivity index (χ1) is 11.1. The Morgan fingerprint density at radius 2 is 1.91 bits per heavy atom. The molecule has 0 fully saturated rings. The van der Waals surface area contributed by atoms with Crippen LogP contribution in [0, 0.1) is 0 Å². The second-order valence-corrected chi connectivity index (χ2v) is 6.57. The van der Waals surface area contributed by atoms with Crippen LogP contribution >= 0.6 is 0 Å². The first kappa shape index (κ1) is 15.2. The summed E-state index contributed by atoms with van der Waals surface area (Å²) < 4.78 is 31.6. The van der Waals surface area contributed by atoms with E-state index in [1.54, 1.807) is 37.3 Å². The molecule has 23 heavy (non-hydrogen) atoms. The maximum Gasteiger partial charge on any atom is 0.340 e. The van der Waals surface area contributed by atoms with Gasteiger partial charge in [-0.05, 0) is 31.2 Å². The number of rotatable bonds is 4. The molecule has 0 amide bonds. The number of hydrogen-bond acceptors (Lipinski definition) is 5. The highest BCUT2D eigenvalue weighted by Gasteiger charge is 2.24. The Morgan fingerprint density at radius 3 is 2.61 bits per heavy atom. The third-order valence-electron chi connectivity index (χ3n) is 3.33. The number of esters is 1. The minimum absolute atomic E-state index is 0.123. The van der Waals surface area contributed by atoms with Crippen molar-refractivity contribution >= 4 is 27.0 Å². The van der Waals surface area contributed by atoms with E-state index in [0.717, 1.165) is 3.97 Å². The molecule has 3 aromatic rings. The van der Waals surface area contributed by atoms with Gasteiger partial charge in [0.25, 0.3) is 10.0 Å². The standard InChI is InChI=1S/C16H14N2O4S/c1-2-22-16(19)14-11-18(15-13(14)9-6-10-17-15)23(20,21)12-7-4-3-5-8-12/h3-11H,2H2,1H3. The zero-order valence-corrected chi connectivity index (χ0v) is 13.2. The topological polar surface area (TPSA) is 78.3 Å². The Labute approximate surface area is 133 Å². The molecule has 0 unspecified atom stereocenters. The molecule has 3 rings (SSSR count). The molecule has 2 aromatic heterocycles. The normalized spacial score (nSPS) is 11.5. The predicted octanol–water partition coefficient (Wildman–Crippen LogP) is 2.45. The van der Waals surface area contributed by atoms with Crippen molar-refractivity contribution in [2.75, 3.05) is 6.61 Å². The summed E-state index contributed by atoms with van der Waals surface area (Å²) in [6.45, 7) is 1.90. The number of carbonyl (C=O) groups excluding carboxylic acids is 1. The maximum absolute atomic E-state index is 12.8. The molecular weight excluding hydrogens is 316 g/mol. The summed E-state index contributed by atoms with van der Waals surface area (Å²) in [5.74, 6) is -0.576. The van der Waals surface area contributed by atoms with E-state index in [-0.39, 0.29) is 22.7 Å². The van der Waals surface area contributed by atoms with Crippen LogP contribution in [0.2, 0.25) is 0 Å². The monoisotopic (exact) mass is 330 g/mol. The third kappa shape index (κ3) is 2.59. The Bertz CT molecular complexity index is 962. The summed E-state index contributed by atoms with van der Waals surface area (Å²) in [7, 11) is -3.85. The van der Waals surface area contributed by atoms with Gasteiger partial charge in [0.2, 0.25) is 0 Å². The summed E-state index contributed by atoms with van der Waals surface area (Å²) in [6.07, 6.45) is 2.74. The van der Waals surface area contributed by atoms with Crippen LogP contribution in [0.15, 0.2) is 59.8 Å². The zero-order valence-electron chi connectivity index (χ0n) is 12.3. The molecule has 6 nitrogen and oxygen atoms in total. The van der Waals surface area contributed by atoms with Crippen molar-refractivity contribution in [1.82, 2.24) is 8.96 Å². The number of fused-ring (bicyclic) bond motifs is 1. The zero-order chi connectivity index (χ0) is 16.4. The van der Waals surface area contributed by atoms with Crippen molar-refractivity contribution in [3.8, 4) is 0 Å². The molecule has 1 aromatic carbocycles. The van der Waals surface area contributed by atoms with Gasteiger partial charge in [0.15, 0.2) is 5.65 Å². The summed E-state index contributed by atoms with van der Waals surface area (Å²) in [4.78, 5) is 16.3. The number of aromatic nitrogens is 2. The van der Waals surface area contributed by atoms with Gasteiger partial charge in [-0.15, -0.1) is 0 Å². The molecule has 0 aliphatic rings. The van der Waals surface area contributed by atoms with E-state index in [1.165, 1.54) is 24.5 Å². The van der Waals surface area contributed by atoms with E-state index in [9.17, 15) is 13.2 Å². The Balaban J connectivity index is 2.25. The third-order valence-corrected chi connectivity index (χ3v) is 4.99. The van der Waals surface area contributed by atoms with Gasteiger partial charge in [-0.25, -0.2) is 22.2 Å². The fraction of sp³-hybridized carbons (Fsp3) is 0.125. The van der Waals surface area contributed by atoms with Crippen LogP contribution in [-0.4, -0.2) is 30.0 Å². The molecule has 0 N–H and O–H groups in total. The molecule has 0 aliphatic carbocycles. The predicted molar refractivity (Wildman–Crippen MR) is 84.7 cm³/mol. The van der Waals surface area contributed by atoms with E-state index >= 15 is 0 Å². The van der Waals surface area contributed by atoms with Gasteiger partial charge in [0.05, 0.1) is 17.1 Å². The first-order valence-electron chi connectivity index (χ1n) is 6.99. The molecule has 0 aliphatic heterocycles. The molecule has 0 atom stereocenters. The fourth-order valence-corrected chi connectivity index (χ4v) is 3.64. The van der Waals surface area contributed by atoms with Crippen LogP contribution in [0.4, 0.5) is 0 Å². The Hall–Kier alpha value is -2.67. The van der Waals surface area contributed by atoms with Gasteiger partial charge in [-0.1, -0.05) is 18.2 Å². The van der Waals surface area contributed by atoms with Gasteiger partial charge < -0.3 is 4.74 Å². The number of ether oxygens (including phenoxy) is 1. The van der Waals surface area contributed by atoms with Crippen LogP contribution in [0.1, 0.15) is 17.3 Å². The molecule has 0 saturated heterocycles. The highest BCUT2D eigenvalue weighted by Crippen LogP contribution is 2.25. The van der Waals surface area contributed by atoms with Crippen molar-refractivity contribution in [3.63, 3.8) is 0 Å². The Kier molecular flexibility index (Phi) is 3.87. The summed E-state index contributed by atoms with van der Waals surface area (Å²) in [6, 6.07) is 11.3. The summed E-state index contributed by atoms with van der Waals surface area (Å²) in [5, 5.41) is 0.436. The lowest BCUT2D eigenvalue weighted by Crippen LogP contribution is -2.12. The van der Waals surface area contributed by atoms with Crippen molar-refractivity contribution in [1.29, 1.82) is 0 Å². The van der Waals surface area contributed by atoms with Crippen LogP contribution in [0.25, 0.3) is 11.0 Å². The van der Waals surface area contributed by atoms with Gasteiger partial charge in [-0.2, -0.15) is 0 Å². The van der Waals surface area contributed by atoms with E-state index in [0.29, 0.717) is 5.39 Å². The van der Waals surface area contributed by atoms with Crippen molar-refractivity contribution in [3.05, 3.63) is 60.4 Å². The number of benzene rings is 1. The Morgan fingerprint density at radius 1 is 1.17 bits per heavy atom. The van der Waals surface area contributed by atoms with Crippen LogP contribution in [0.5, 0.6) is 0 Å². The molecule has 118 valence electrons. The average Bonchev–Trinajstić information content (AvgIpc) is 2.96. The van der Waals surface area contributed by atoms with E-state index < -0.39 is 16.0 Å². The maximum atomic E-state index is 12.8. The molecule has 0 bridgehead atoms. The lowest BCUT2D eigenvalue weighted by molar-refractivity contribution is 0.0528. The van der Waals surface area contributed by atoms with Crippen molar-refractivity contribution in [2.45, 2.75) is 11.8 Å². The number of nitrogens with zero attached hydrogens (tertiary/aromatic N) is 2. The number of carbonyl (C=O) groups is 1. The summed E-state index contributed by atoms with van der Waals surface area (Å²) in [5.41, 5.74) is 0.369. The highest BCUT2D eigenvalue weighted by molar-refractivity contribution is 7.90. The molecule has 2 heterocycles. The second-order valence-electron chi connectivity index (χ2n) is 4.75. The lowest BCUT2D eigenvalue weighted by Gasteiger charge is -2.06. The van der Waals surface area contributed by atoms with Gasteiger partial charge in [0.1, 0.15) is 0 Å². The molecule has 0 spiro atoms.